The lowest BCUT2D eigenvalue weighted by molar-refractivity contribution is -0.133. The topological polar surface area (TPSA) is 105 Å². The molecular formula is C20H27N3O5S. The zero-order valence-corrected chi connectivity index (χ0v) is 18.0. The molecule has 0 aromatic carbocycles. The highest BCUT2D eigenvalue weighted by atomic mass is 32.1. The number of esters is 1. The van der Waals surface area contributed by atoms with Gasteiger partial charge in [-0.05, 0) is 51.0 Å². The Balaban J connectivity index is 1.74. The van der Waals surface area contributed by atoms with Crippen LogP contribution in [0.2, 0.25) is 0 Å². The normalized spacial score (nSPS) is 20.8. The largest absolute Gasteiger partial charge is 0.462 e. The Morgan fingerprint density at radius 1 is 1.31 bits per heavy atom. The summed E-state index contributed by atoms with van der Waals surface area (Å²) in [6.45, 7) is 7.18. The van der Waals surface area contributed by atoms with E-state index in [-0.39, 0.29) is 12.5 Å². The number of imide groups is 1. The first-order valence-electron chi connectivity index (χ1n) is 9.92. The van der Waals surface area contributed by atoms with Crippen LogP contribution in [0.1, 0.15) is 61.3 Å². The fourth-order valence-corrected chi connectivity index (χ4v) is 5.36. The summed E-state index contributed by atoms with van der Waals surface area (Å²) in [6, 6.07) is -0.576. The molecule has 1 fully saturated rings. The van der Waals surface area contributed by atoms with Crippen LogP contribution in [-0.4, -0.2) is 47.4 Å². The molecule has 1 atom stereocenters. The maximum atomic E-state index is 12.7. The molecule has 2 aliphatic rings. The number of rotatable bonds is 7. The number of ether oxygens (including phenoxy) is 1. The predicted octanol–water partition coefficient (Wildman–Crippen LogP) is 2.71. The maximum absolute atomic E-state index is 12.7. The van der Waals surface area contributed by atoms with E-state index in [0.717, 1.165) is 34.6 Å². The summed E-state index contributed by atoms with van der Waals surface area (Å²) in [5.74, 6) is -1.18. The first-order valence-corrected chi connectivity index (χ1v) is 10.7. The molecule has 0 bridgehead atoms. The van der Waals surface area contributed by atoms with Gasteiger partial charge in [-0.2, -0.15) is 0 Å². The molecule has 0 saturated carbocycles. The molecule has 158 valence electrons. The number of urea groups is 1. The third-order valence-corrected chi connectivity index (χ3v) is 6.32. The zero-order chi connectivity index (χ0) is 21.3. The summed E-state index contributed by atoms with van der Waals surface area (Å²) < 4.78 is 5.15. The highest BCUT2D eigenvalue weighted by Gasteiger charge is 2.48. The fraction of sp³-hybridized carbons (Fsp3) is 0.600. The first kappa shape index (κ1) is 21.3. The van der Waals surface area contributed by atoms with Gasteiger partial charge < -0.3 is 15.4 Å². The van der Waals surface area contributed by atoms with Gasteiger partial charge in [-0.25, -0.2) is 9.59 Å². The molecule has 0 radical (unpaired) electrons. The number of aryl methyl sites for hydroxylation is 1. The quantitative estimate of drug-likeness (QED) is 0.520. The van der Waals surface area contributed by atoms with Crippen molar-refractivity contribution in [1.82, 2.24) is 10.2 Å². The monoisotopic (exact) mass is 421 g/mol. The second kappa shape index (κ2) is 8.14. The van der Waals surface area contributed by atoms with Crippen molar-refractivity contribution < 1.29 is 23.9 Å². The van der Waals surface area contributed by atoms with E-state index in [1.807, 2.05) is 13.8 Å². The summed E-state index contributed by atoms with van der Waals surface area (Å²) in [7, 11) is 0. The molecule has 1 unspecified atom stereocenters. The summed E-state index contributed by atoms with van der Waals surface area (Å²) in [5.41, 5.74) is 0.328. The second-order valence-electron chi connectivity index (χ2n) is 8.08. The smallest absolute Gasteiger partial charge is 0.341 e. The minimum atomic E-state index is -1.01. The number of fused-ring (bicyclic) bond motifs is 1. The van der Waals surface area contributed by atoms with Gasteiger partial charge in [0.05, 0.1) is 12.2 Å². The van der Waals surface area contributed by atoms with Crippen molar-refractivity contribution in [2.45, 2.75) is 58.9 Å². The molecule has 29 heavy (non-hydrogen) atoms. The molecule has 9 heteroatoms. The first-order chi connectivity index (χ1) is 13.7. The Kier molecular flexibility index (Phi) is 5.97. The molecule has 2 N–H and O–H groups in total. The Bertz CT molecular complexity index is 863. The van der Waals surface area contributed by atoms with E-state index in [1.54, 1.807) is 13.8 Å². The lowest BCUT2D eigenvalue weighted by atomic mass is 9.91. The standard InChI is InChI=1S/C20H27N3O5S/c1-5-28-17(25)15-12-7-6-8-13(12)29-16(15)21-14(24)10-23-18(26)20(4,9-11(2)3)22-19(23)27/h11H,5-10H2,1-4H3,(H,21,24)(H,22,27). The second-order valence-corrected chi connectivity index (χ2v) is 9.19. The van der Waals surface area contributed by atoms with Crippen LogP contribution in [0.4, 0.5) is 9.80 Å². The van der Waals surface area contributed by atoms with Crippen LogP contribution in [0.25, 0.3) is 0 Å². The van der Waals surface area contributed by atoms with Gasteiger partial charge in [0.1, 0.15) is 17.1 Å². The zero-order valence-electron chi connectivity index (χ0n) is 17.2. The van der Waals surface area contributed by atoms with Crippen LogP contribution in [0.3, 0.4) is 0 Å². The van der Waals surface area contributed by atoms with Gasteiger partial charge in [0, 0.05) is 4.88 Å². The SMILES string of the molecule is CCOC(=O)c1c(NC(=O)CN2C(=O)NC(C)(CC(C)C)C2=O)sc2c1CCC2. The molecule has 8 nitrogen and oxygen atoms in total. The summed E-state index contributed by atoms with van der Waals surface area (Å²) >= 11 is 1.36. The summed E-state index contributed by atoms with van der Waals surface area (Å²) in [5, 5.41) is 5.84. The molecule has 1 saturated heterocycles. The average molecular weight is 422 g/mol. The molecule has 1 aliphatic heterocycles. The van der Waals surface area contributed by atoms with Gasteiger partial charge >= 0.3 is 12.0 Å². The third kappa shape index (κ3) is 4.14. The van der Waals surface area contributed by atoms with Gasteiger partial charge in [-0.1, -0.05) is 13.8 Å². The number of amides is 4. The molecule has 1 aromatic rings. The molecular weight excluding hydrogens is 394 g/mol. The number of hydrogen-bond acceptors (Lipinski definition) is 6. The van der Waals surface area contributed by atoms with Crippen LogP contribution in [-0.2, 0) is 27.2 Å². The van der Waals surface area contributed by atoms with E-state index in [4.69, 9.17) is 4.74 Å². The van der Waals surface area contributed by atoms with E-state index in [0.29, 0.717) is 17.0 Å². The third-order valence-electron chi connectivity index (χ3n) is 5.12. The minimum absolute atomic E-state index is 0.207. The van der Waals surface area contributed by atoms with E-state index >= 15 is 0 Å². The van der Waals surface area contributed by atoms with Crippen molar-refractivity contribution in [2.75, 3.05) is 18.5 Å². The number of anilines is 1. The van der Waals surface area contributed by atoms with Gasteiger partial charge in [0.15, 0.2) is 0 Å². The van der Waals surface area contributed by atoms with Crippen LogP contribution in [0.15, 0.2) is 0 Å². The van der Waals surface area contributed by atoms with E-state index in [1.165, 1.54) is 11.3 Å². The lowest BCUT2D eigenvalue weighted by Gasteiger charge is -2.23. The van der Waals surface area contributed by atoms with Crippen molar-refractivity contribution in [3.8, 4) is 0 Å². The summed E-state index contributed by atoms with van der Waals surface area (Å²) in [6.07, 6.45) is 3.10. The van der Waals surface area contributed by atoms with E-state index < -0.39 is 35.9 Å². The fourth-order valence-electron chi connectivity index (χ4n) is 4.07. The van der Waals surface area contributed by atoms with E-state index in [9.17, 15) is 19.2 Å². The highest BCUT2D eigenvalue weighted by Crippen LogP contribution is 2.39. The van der Waals surface area contributed by atoms with Crippen LogP contribution in [0, 0.1) is 5.92 Å². The Labute approximate surface area is 174 Å². The van der Waals surface area contributed by atoms with Crippen molar-refractivity contribution in [3.05, 3.63) is 16.0 Å². The molecule has 2 heterocycles. The van der Waals surface area contributed by atoms with Gasteiger partial charge in [0.25, 0.3) is 5.91 Å². The number of carbonyl (C=O) groups is 4. The van der Waals surface area contributed by atoms with Crippen molar-refractivity contribution >= 4 is 40.2 Å². The van der Waals surface area contributed by atoms with Crippen molar-refractivity contribution in [3.63, 3.8) is 0 Å². The molecule has 1 aliphatic carbocycles. The molecule has 0 spiro atoms. The maximum Gasteiger partial charge on any atom is 0.341 e. The average Bonchev–Trinajstić information content (AvgIpc) is 3.23. The molecule has 3 rings (SSSR count). The molecule has 4 amide bonds. The van der Waals surface area contributed by atoms with Gasteiger partial charge in [-0.15, -0.1) is 11.3 Å². The number of nitrogens with zero attached hydrogens (tertiary/aromatic N) is 1. The van der Waals surface area contributed by atoms with Crippen molar-refractivity contribution in [2.24, 2.45) is 5.92 Å². The predicted molar refractivity (Wildman–Crippen MR) is 109 cm³/mol. The van der Waals surface area contributed by atoms with Crippen LogP contribution >= 0.6 is 11.3 Å². The Morgan fingerprint density at radius 2 is 2.03 bits per heavy atom. The van der Waals surface area contributed by atoms with E-state index in [2.05, 4.69) is 10.6 Å². The van der Waals surface area contributed by atoms with Crippen LogP contribution < -0.4 is 10.6 Å². The molecule has 1 aromatic heterocycles. The highest BCUT2D eigenvalue weighted by molar-refractivity contribution is 7.17. The number of carbonyl (C=O) groups excluding carboxylic acids is 4. The number of hydrogen-bond donors (Lipinski definition) is 2. The minimum Gasteiger partial charge on any atom is -0.462 e. The Hall–Kier alpha value is -2.42. The number of nitrogens with one attached hydrogen (secondary N) is 2. The number of thiophene rings is 1. The Morgan fingerprint density at radius 3 is 2.69 bits per heavy atom. The van der Waals surface area contributed by atoms with Gasteiger partial charge in [-0.3, -0.25) is 14.5 Å². The van der Waals surface area contributed by atoms with Crippen LogP contribution in [0.5, 0.6) is 0 Å². The van der Waals surface area contributed by atoms with Gasteiger partial charge in [0.2, 0.25) is 5.91 Å². The summed E-state index contributed by atoms with van der Waals surface area (Å²) in [4.78, 5) is 52.0. The van der Waals surface area contributed by atoms with Crippen molar-refractivity contribution in [1.29, 1.82) is 0 Å². The lowest BCUT2D eigenvalue weighted by Crippen LogP contribution is -2.45.